The van der Waals surface area contributed by atoms with E-state index >= 15 is 0 Å². The van der Waals surface area contributed by atoms with E-state index in [0.29, 0.717) is 20.7 Å². The van der Waals surface area contributed by atoms with Crippen LogP contribution in [0.15, 0.2) is 18.2 Å². The van der Waals surface area contributed by atoms with Gasteiger partial charge in [0, 0.05) is 6.07 Å². The maximum Gasteiger partial charge on any atom is 0.348 e. The highest BCUT2D eigenvalue weighted by atomic mass is 32.1. The minimum absolute atomic E-state index is 0.0403. The van der Waals surface area contributed by atoms with E-state index in [9.17, 15) is 19.7 Å². The third kappa shape index (κ3) is 3.98. The van der Waals surface area contributed by atoms with Crippen LogP contribution in [0.4, 0.5) is 17.2 Å². The van der Waals surface area contributed by atoms with E-state index in [-0.39, 0.29) is 36.1 Å². The Bertz CT molecular complexity index is 1180. The first kappa shape index (κ1) is 20.9. The Balaban J connectivity index is 1.83. The molecule has 1 aromatic carbocycles. The summed E-state index contributed by atoms with van der Waals surface area (Å²) in [6.07, 6.45) is 0. The summed E-state index contributed by atoms with van der Waals surface area (Å²) in [4.78, 5) is 43.8. The number of carbonyl (C=O) groups is 2. The molecule has 30 heavy (non-hydrogen) atoms. The number of anilines is 2. The smallest absolute Gasteiger partial charge is 0.348 e. The molecule has 4 N–H and O–H groups in total. The van der Waals surface area contributed by atoms with Gasteiger partial charge >= 0.3 is 11.9 Å². The summed E-state index contributed by atoms with van der Waals surface area (Å²) >= 11 is 1.10. The van der Waals surface area contributed by atoms with Crippen LogP contribution in [-0.2, 0) is 16.1 Å². The number of hydrogen-bond donors (Lipinski definition) is 2. The van der Waals surface area contributed by atoms with Crippen molar-refractivity contribution in [3.05, 3.63) is 50.1 Å². The van der Waals surface area contributed by atoms with Gasteiger partial charge in [0.2, 0.25) is 0 Å². The van der Waals surface area contributed by atoms with E-state index in [4.69, 9.17) is 20.9 Å². The molecule has 2 aromatic heterocycles. The molecule has 0 aliphatic rings. The molecule has 3 rings (SSSR count). The SMILES string of the molecule is CCOC(=O)c1sc2nc(COC(=O)c3ccc(N)c([N+](=O)[O-])c3)nc(N)c2c1C. The molecule has 0 aliphatic heterocycles. The second-order valence-electron chi connectivity index (χ2n) is 6.09. The molecule has 0 saturated heterocycles. The average molecular weight is 431 g/mol. The summed E-state index contributed by atoms with van der Waals surface area (Å²) < 4.78 is 10.2. The molecule has 0 unspecified atom stereocenters. The van der Waals surface area contributed by atoms with Crippen molar-refractivity contribution >= 4 is 50.7 Å². The van der Waals surface area contributed by atoms with Gasteiger partial charge in [-0.1, -0.05) is 0 Å². The fourth-order valence-electron chi connectivity index (χ4n) is 2.71. The standard InChI is InChI=1S/C18H17N5O6S/c1-3-28-18(25)14-8(2)13-15(20)21-12(22-16(13)30-14)7-29-17(24)9-4-5-10(19)11(6-9)23(26)27/h4-6H,3,7,19H2,1-2H3,(H2,20,21,22). The maximum atomic E-state index is 12.2. The van der Waals surface area contributed by atoms with Gasteiger partial charge in [0.15, 0.2) is 12.4 Å². The number of ether oxygens (including phenoxy) is 2. The molecule has 11 nitrogen and oxygen atoms in total. The third-order valence-corrected chi connectivity index (χ3v) is 5.29. The van der Waals surface area contributed by atoms with E-state index in [1.807, 2.05) is 0 Å². The molecule has 0 bridgehead atoms. The van der Waals surface area contributed by atoms with Gasteiger partial charge < -0.3 is 20.9 Å². The molecular weight excluding hydrogens is 414 g/mol. The Morgan fingerprint density at radius 3 is 2.60 bits per heavy atom. The number of nitro groups is 1. The second kappa shape index (κ2) is 8.29. The van der Waals surface area contributed by atoms with Crippen LogP contribution in [0.5, 0.6) is 0 Å². The molecule has 156 valence electrons. The molecule has 0 aliphatic carbocycles. The van der Waals surface area contributed by atoms with Gasteiger partial charge in [0.05, 0.1) is 22.5 Å². The van der Waals surface area contributed by atoms with Crippen molar-refractivity contribution in [3.8, 4) is 0 Å². The molecule has 0 spiro atoms. The lowest BCUT2D eigenvalue weighted by molar-refractivity contribution is -0.383. The van der Waals surface area contributed by atoms with Crippen molar-refractivity contribution in [2.24, 2.45) is 0 Å². The topological polar surface area (TPSA) is 174 Å². The molecule has 0 saturated carbocycles. The minimum atomic E-state index is -0.810. The Hall–Kier alpha value is -3.80. The summed E-state index contributed by atoms with van der Waals surface area (Å²) in [5.74, 6) is -1.03. The highest BCUT2D eigenvalue weighted by molar-refractivity contribution is 7.20. The van der Waals surface area contributed by atoms with E-state index < -0.39 is 22.5 Å². The second-order valence-corrected chi connectivity index (χ2v) is 7.09. The molecule has 2 heterocycles. The monoisotopic (exact) mass is 431 g/mol. The Morgan fingerprint density at radius 2 is 1.93 bits per heavy atom. The van der Waals surface area contributed by atoms with Gasteiger partial charge in [0.1, 0.15) is 21.2 Å². The number of benzene rings is 1. The maximum absolute atomic E-state index is 12.2. The van der Waals surface area contributed by atoms with Gasteiger partial charge in [-0.2, -0.15) is 0 Å². The van der Waals surface area contributed by atoms with E-state index in [1.165, 1.54) is 12.1 Å². The van der Waals surface area contributed by atoms with E-state index in [2.05, 4.69) is 9.97 Å². The summed E-state index contributed by atoms with van der Waals surface area (Å²) in [6, 6.07) is 3.60. The molecular formula is C18H17N5O6S. The van der Waals surface area contributed by atoms with Crippen molar-refractivity contribution in [2.45, 2.75) is 20.5 Å². The highest BCUT2D eigenvalue weighted by Gasteiger charge is 2.21. The number of esters is 2. The van der Waals surface area contributed by atoms with E-state index in [0.717, 1.165) is 17.4 Å². The van der Waals surface area contributed by atoms with Crippen LogP contribution in [0.2, 0.25) is 0 Å². The fraction of sp³-hybridized carbons (Fsp3) is 0.222. The quantitative estimate of drug-likeness (QED) is 0.255. The van der Waals surface area contributed by atoms with Gasteiger partial charge in [-0.15, -0.1) is 11.3 Å². The zero-order valence-electron chi connectivity index (χ0n) is 16.0. The predicted molar refractivity (Wildman–Crippen MR) is 109 cm³/mol. The van der Waals surface area contributed by atoms with Gasteiger partial charge in [-0.05, 0) is 31.5 Å². The number of hydrogen-bond acceptors (Lipinski definition) is 11. The van der Waals surface area contributed by atoms with Crippen LogP contribution in [0.3, 0.4) is 0 Å². The number of nitro benzene ring substituents is 1. The predicted octanol–water partition coefficient (Wildman–Crippen LogP) is 2.61. The lowest BCUT2D eigenvalue weighted by Crippen LogP contribution is -2.09. The molecule has 0 amide bonds. The number of nitrogens with two attached hydrogens (primary N) is 2. The van der Waals surface area contributed by atoms with Crippen molar-refractivity contribution in [1.82, 2.24) is 9.97 Å². The van der Waals surface area contributed by atoms with Crippen LogP contribution in [0, 0.1) is 17.0 Å². The summed E-state index contributed by atoms with van der Waals surface area (Å²) in [5.41, 5.74) is 11.6. The normalized spacial score (nSPS) is 10.7. The van der Waals surface area contributed by atoms with Crippen LogP contribution < -0.4 is 11.5 Å². The van der Waals surface area contributed by atoms with Crippen LogP contribution in [0.25, 0.3) is 10.2 Å². The molecule has 3 aromatic rings. The summed E-state index contributed by atoms with van der Waals surface area (Å²) in [7, 11) is 0. The number of carbonyl (C=O) groups excluding carboxylic acids is 2. The zero-order valence-corrected chi connectivity index (χ0v) is 16.8. The third-order valence-electron chi connectivity index (χ3n) is 4.12. The highest BCUT2D eigenvalue weighted by Crippen LogP contribution is 2.33. The first-order valence-electron chi connectivity index (χ1n) is 8.66. The van der Waals surface area contributed by atoms with Crippen molar-refractivity contribution < 1.29 is 24.0 Å². The number of aromatic nitrogens is 2. The van der Waals surface area contributed by atoms with Crippen LogP contribution in [0.1, 0.15) is 38.3 Å². The van der Waals surface area contributed by atoms with Gasteiger partial charge in [0.25, 0.3) is 5.69 Å². The number of nitrogen functional groups attached to an aromatic ring is 2. The number of thiophene rings is 1. The van der Waals surface area contributed by atoms with Crippen molar-refractivity contribution in [2.75, 3.05) is 18.1 Å². The van der Waals surface area contributed by atoms with Crippen LogP contribution >= 0.6 is 11.3 Å². The first-order chi connectivity index (χ1) is 14.2. The lowest BCUT2D eigenvalue weighted by Gasteiger charge is -2.06. The Kier molecular flexibility index (Phi) is 5.78. The lowest BCUT2D eigenvalue weighted by atomic mass is 10.2. The van der Waals surface area contributed by atoms with Crippen LogP contribution in [-0.4, -0.2) is 33.4 Å². The molecule has 0 atom stereocenters. The van der Waals surface area contributed by atoms with E-state index in [1.54, 1.807) is 13.8 Å². The molecule has 0 radical (unpaired) electrons. The number of aryl methyl sites for hydroxylation is 1. The number of nitrogens with zero attached hydrogens (tertiary/aromatic N) is 3. The van der Waals surface area contributed by atoms with Crippen molar-refractivity contribution in [1.29, 1.82) is 0 Å². The van der Waals surface area contributed by atoms with Gasteiger partial charge in [-0.25, -0.2) is 19.6 Å². The summed E-state index contributed by atoms with van der Waals surface area (Å²) in [6.45, 7) is 3.34. The number of rotatable bonds is 6. The Labute approximate surface area is 173 Å². The average Bonchev–Trinajstić information content (AvgIpc) is 3.03. The van der Waals surface area contributed by atoms with Gasteiger partial charge in [-0.3, -0.25) is 10.1 Å². The molecule has 0 fully saturated rings. The zero-order chi connectivity index (χ0) is 22.0. The van der Waals surface area contributed by atoms with Crippen molar-refractivity contribution in [3.63, 3.8) is 0 Å². The number of fused-ring (bicyclic) bond motifs is 1. The molecule has 12 heteroatoms. The minimum Gasteiger partial charge on any atom is -0.462 e. The summed E-state index contributed by atoms with van der Waals surface area (Å²) in [5, 5.41) is 11.5. The Morgan fingerprint density at radius 1 is 1.20 bits per heavy atom. The largest absolute Gasteiger partial charge is 0.462 e. The fourth-order valence-corrected chi connectivity index (χ4v) is 3.82. The first-order valence-corrected chi connectivity index (χ1v) is 9.48.